The van der Waals surface area contributed by atoms with E-state index in [1.807, 2.05) is 30.3 Å². The van der Waals surface area contributed by atoms with Gasteiger partial charge in [-0.05, 0) is 51.1 Å². The summed E-state index contributed by atoms with van der Waals surface area (Å²) in [7, 11) is 0. The summed E-state index contributed by atoms with van der Waals surface area (Å²) in [5.41, 5.74) is 12.1. The fourth-order valence-corrected chi connectivity index (χ4v) is 4.06. The van der Waals surface area contributed by atoms with Crippen molar-refractivity contribution in [1.29, 1.82) is 0 Å². The predicted octanol–water partition coefficient (Wildman–Crippen LogP) is -0.889. The van der Waals surface area contributed by atoms with Crippen LogP contribution in [0.5, 0.6) is 0 Å². The van der Waals surface area contributed by atoms with Crippen molar-refractivity contribution in [3.63, 3.8) is 0 Å². The van der Waals surface area contributed by atoms with Gasteiger partial charge in [-0.3, -0.25) is 14.4 Å². The van der Waals surface area contributed by atoms with Gasteiger partial charge in [0.2, 0.25) is 17.7 Å². The normalized spacial score (nSPS) is 18.9. The van der Waals surface area contributed by atoms with Crippen LogP contribution in [0.3, 0.4) is 0 Å². The Labute approximate surface area is 205 Å². The zero-order valence-electron chi connectivity index (χ0n) is 20.1. The van der Waals surface area contributed by atoms with E-state index in [-0.39, 0.29) is 19.4 Å². The summed E-state index contributed by atoms with van der Waals surface area (Å²) in [6.45, 7) is 2.07. The number of hydrogen-bond acceptors (Lipinski definition) is 7. The number of amides is 3. The number of aliphatic hydroxyl groups excluding tert-OH is 1. The minimum atomic E-state index is -1.22. The lowest BCUT2D eigenvalue weighted by Gasteiger charge is -2.29. The molecule has 11 heteroatoms. The van der Waals surface area contributed by atoms with Gasteiger partial charge in [-0.2, -0.15) is 0 Å². The van der Waals surface area contributed by atoms with Crippen LogP contribution in [-0.4, -0.2) is 82.2 Å². The van der Waals surface area contributed by atoms with Crippen LogP contribution < -0.4 is 22.1 Å². The number of nitrogens with zero attached hydrogens (tertiary/aromatic N) is 1. The second kappa shape index (κ2) is 13.8. The molecule has 1 aliphatic heterocycles. The second-order valence-corrected chi connectivity index (χ2v) is 8.89. The van der Waals surface area contributed by atoms with Crippen molar-refractivity contribution in [3.8, 4) is 0 Å². The first-order chi connectivity index (χ1) is 16.6. The third kappa shape index (κ3) is 8.30. The molecule has 0 radical (unpaired) electrons. The number of rotatable bonds is 13. The monoisotopic (exact) mass is 491 g/mol. The standard InChI is InChI=1S/C24H37N5O6/c1-15(30)20(26)22(32)27-17(10-5-6-12-25)21(31)28-18(14-16-8-3-2-4-9-16)23(33)29-13-7-11-19(29)24(34)35/h2-4,8-9,15,17-20,30H,5-7,10-14,25-26H2,1H3,(H,27,32)(H,28,31)(H,34,35). The number of carbonyl (C=O) groups excluding carboxylic acids is 3. The molecule has 1 saturated heterocycles. The first-order valence-electron chi connectivity index (χ1n) is 12.0. The minimum absolute atomic E-state index is 0.158. The van der Waals surface area contributed by atoms with Gasteiger partial charge in [-0.25, -0.2) is 4.79 Å². The number of unbranched alkanes of at least 4 members (excludes halogenated alkanes) is 1. The van der Waals surface area contributed by atoms with E-state index in [1.165, 1.54) is 11.8 Å². The lowest BCUT2D eigenvalue weighted by molar-refractivity contribution is -0.149. The van der Waals surface area contributed by atoms with E-state index < -0.39 is 54.0 Å². The molecule has 0 saturated carbocycles. The van der Waals surface area contributed by atoms with Gasteiger partial charge in [0, 0.05) is 13.0 Å². The number of likely N-dealkylation sites (tertiary alicyclic amines) is 1. The molecule has 0 spiro atoms. The van der Waals surface area contributed by atoms with Gasteiger partial charge in [0.15, 0.2) is 0 Å². The fourth-order valence-electron chi connectivity index (χ4n) is 4.06. The summed E-state index contributed by atoms with van der Waals surface area (Å²) in [6.07, 6.45) is 1.38. The van der Waals surface area contributed by atoms with E-state index in [4.69, 9.17) is 11.5 Å². The van der Waals surface area contributed by atoms with Crippen molar-refractivity contribution in [2.24, 2.45) is 11.5 Å². The topological polar surface area (TPSA) is 188 Å². The number of nitrogens with one attached hydrogen (secondary N) is 2. The van der Waals surface area contributed by atoms with Crippen LogP contribution in [0.2, 0.25) is 0 Å². The summed E-state index contributed by atoms with van der Waals surface area (Å²) in [5, 5.41) is 24.4. The van der Waals surface area contributed by atoms with Gasteiger partial charge in [-0.15, -0.1) is 0 Å². The van der Waals surface area contributed by atoms with Crippen molar-refractivity contribution in [2.75, 3.05) is 13.1 Å². The molecule has 0 aromatic heterocycles. The van der Waals surface area contributed by atoms with E-state index in [0.717, 1.165) is 5.56 Å². The molecule has 5 unspecified atom stereocenters. The van der Waals surface area contributed by atoms with Gasteiger partial charge >= 0.3 is 5.97 Å². The third-order valence-corrected chi connectivity index (χ3v) is 6.12. The molecule has 3 amide bonds. The molecule has 1 heterocycles. The number of aliphatic carboxylic acids is 1. The number of carboxylic acids is 1. The van der Waals surface area contributed by atoms with Crippen LogP contribution in [0.1, 0.15) is 44.6 Å². The smallest absolute Gasteiger partial charge is 0.326 e. The van der Waals surface area contributed by atoms with E-state index in [0.29, 0.717) is 32.2 Å². The fraction of sp³-hybridized carbons (Fsp3) is 0.583. The SMILES string of the molecule is CC(O)C(N)C(=O)NC(CCCCN)C(=O)NC(Cc1ccccc1)C(=O)N1CCCC1C(=O)O. The Bertz CT molecular complexity index is 865. The second-order valence-electron chi connectivity index (χ2n) is 8.89. The van der Waals surface area contributed by atoms with E-state index in [9.17, 15) is 29.4 Å². The molecule has 1 fully saturated rings. The van der Waals surface area contributed by atoms with Crippen LogP contribution in [0.25, 0.3) is 0 Å². The average Bonchev–Trinajstić information content (AvgIpc) is 3.33. The molecule has 0 bridgehead atoms. The Morgan fingerprint density at radius 3 is 2.34 bits per heavy atom. The Morgan fingerprint density at radius 1 is 1.09 bits per heavy atom. The molecule has 1 aliphatic rings. The minimum Gasteiger partial charge on any atom is -0.480 e. The van der Waals surface area contributed by atoms with Crippen molar-refractivity contribution < 1.29 is 29.4 Å². The largest absolute Gasteiger partial charge is 0.480 e. The zero-order chi connectivity index (χ0) is 26.0. The van der Waals surface area contributed by atoms with Gasteiger partial charge in [0.1, 0.15) is 24.2 Å². The number of carboxylic acid groups (broad SMARTS) is 1. The summed E-state index contributed by atoms with van der Waals surface area (Å²) in [4.78, 5) is 52.0. The molecule has 1 aromatic carbocycles. The van der Waals surface area contributed by atoms with Gasteiger partial charge < -0.3 is 37.2 Å². The van der Waals surface area contributed by atoms with Gasteiger partial charge in [-0.1, -0.05) is 30.3 Å². The summed E-state index contributed by atoms with van der Waals surface area (Å²) in [5.74, 6) is -2.85. The highest BCUT2D eigenvalue weighted by atomic mass is 16.4. The van der Waals surface area contributed by atoms with Crippen molar-refractivity contribution in [2.45, 2.75) is 75.7 Å². The van der Waals surface area contributed by atoms with E-state index in [1.54, 1.807) is 0 Å². The molecule has 5 atom stereocenters. The van der Waals surface area contributed by atoms with E-state index in [2.05, 4.69) is 10.6 Å². The molecule has 35 heavy (non-hydrogen) atoms. The molecular formula is C24H37N5O6. The van der Waals surface area contributed by atoms with Crippen molar-refractivity contribution in [3.05, 3.63) is 35.9 Å². The quantitative estimate of drug-likeness (QED) is 0.192. The molecular weight excluding hydrogens is 454 g/mol. The molecule has 11 nitrogen and oxygen atoms in total. The molecule has 0 aliphatic carbocycles. The number of nitrogens with two attached hydrogens (primary N) is 2. The Morgan fingerprint density at radius 2 is 1.74 bits per heavy atom. The molecule has 1 aromatic rings. The average molecular weight is 492 g/mol. The number of hydrogen-bond donors (Lipinski definition) is 6. The number of benzene rings is 1. The maximum absolute atomic E-state index is 13.4. The van der Waals surface area contributed by atoms with Crippen LogP contribution in [0.15, 0.2) is 30.3 Å². The Balaban J connectivity index is 2.24. The van der Waals surface area contributed by atoms with Gasteiger partial charge in [0.25, 0.3) is 0 Å². The highest BCUT2D eigenvalue weighted by molar-refractivity contribution is 5.94. The first kappa shape index (κ1) is 28.2. The molecule has 2 rings (SSSR count). The zero-order valence-corrected chi connectivity index (χ0v) is 20.1. The van der Waals surface area contributed by atoms with Crippen LogP contribution in [0.4, 0.5) is 0 Å². The maximum atomic E-state index is 13.4. The summed E-state index contributed by atoms with van der Waals surface area (Å²) < 4.78 is 0. The first-order valence-corrected chi connectivity index (χ1v) is 12.0. The molecule has 8 N–H and O–H groups in total. The predicted molar refractivity (Wildman–Crippen MR) is 129 cm³/mol. The number of carbonyl (C=O) groups is 4. The van der Waals surface area contributed by atoms with Gasteiger partial charge in [0.05, 0.1) is 6.10 Å². The summed E-state index contributed by atoms with van der Waals surface area (Å²) in [6, 6.07) is 4.88. The Kier molecular flexibility index (Phi) is 11.1. The van der Waals surface area contributed by atoms with Crippen molar-refractivity contribution in [1.82, 2.24) is 15.5 Å². The molecule has 194 valence electrons. The maximum Gasteiger partial charge on any atom is 0.326 e. The lowest BCUT2D eigenvalue weighted by atomic mass is 10.0. The van der Waals surface area contributed by atoms with Crippen LogP contribution >= 0.6 is 0 Å². The Hall–Kier alpha value is -3.02. The van der Waals surface area contributed by atoms with E-state index >= 15 is 0 Å². The lowest BCUT2D eigenvalue weighted by Crippen LogP contribution is -2.58. The third-order valence-electron chi connectivity index (χ3n) is 6.12. The summed E-state index contributed by atoms with van der Waals surface area (Å²) >= 11 is 0. The van der Waals surface area contributed by atoms with Crippen LogP contribution in [0, 0.1) is 0 Å². The van der Waals surface area contributed by atoms with Crippen molar-refractivity contribution >= 4 is 23.7 Å². The highest BCUT2D eigenvalue weighted by Crippen LogP contribution is 2.20. The number of aliphatic hydroxyl groups is 1. The van der Waals surface area contributed by atoms with Crippen LogP contribution in [-0.2, 0) is 25.6 Å². The highest BCUT2D eigenvalue weighted by Gasteiger charge is 2.38.